The van der Waals surface area contributed by atoms with Crippen LogP contribution in [0.4, 0.5) is 0 Å². The number of aliphatic carboxylic acids is 1. The molecule has 0 radical (unpaired) electrons. The molecule has 112 valence electrons. The Labute approximate surface area is 118 Å². The predicted octanol–water partition coefficient (Wildman–Crippen LogP) is 3.92. The number of carboxylic acids is 1. The fourth-order valence-electron chi connectivity index (χ4n) is 3.29. The van der Waals surface area contributed by atoms with Gasteiger partial charge in [-0.25, -0.2) is 0 Å². The number of hydrogen-bond acceptors (Lipinski definition) is 2. The Bertz CT molecular complexity index is 280. The molecule has 0 spiro atoms. The molecule has 1 saturated heterocycles. The van der Waals surface area contributed by atoms with Crippen LogP contribution in [0.5, 0.6) is 0 Å². The molecule has 0 saturated carbocycles. The van der Waals surface area contributed by atoms with Crippen molar-refractivity contribution in [3.63, 3.8) is 0 Å². The second-order valence-corrected chi connectivity index (χ2v) is 6.25. The third kappa shape index (κ3) is 4.48. The largest absolute Gasteiger partial charge is 0.481 e. The average molecular weight is 269 g/mol. The van der Waals surface area contributed by atoms with E-state index in [1.807, 2.05) is 0 Å². The molecule has 1 aliphatic rings. The molecular weight excluding hydrogens is 238 g/mol. The number of hydrogen-bond donors (Lipinski definition) is 1. The highest BCUT2D eigenvalue weighted by atomic mass is 16.4. The standard InChI is InChI=1S/C16H31NO2/c1-4-6-7-8-9-14(3)17-12-11-16(13-17,10-5-2)15(18)19/h14H,4-13H2,1-3H3,(H,18,19). The summed E-state index contributed by atoms with van der Waals surface area (Å²) in [5.41, 5.74) is -0.466. The van der Waals surface area contributed by atoms with Crippen molar-refractivity contribution < 1.29 is 9.90 Å². The average Bonchev–Trinajstić information content (AvgIpc) is 2.81. The van der Waals surface area contributed by atoms with Crippen molar-refractivity contribution in [2.75, 3.05) is 13.1 Å². The van der Waals surface area contributed by atoms with Crippen LogP contribution in [0.2, 0.25) is 0 Å². The summed E-state index contributed by atoms with van der Waals surface area (Å²) >= 11 is 0. The minimum atomic E-state index is -0.588. The van der Waals surface area contributed by atoms with Crippen LogP contribution < -0.4 is 0 Å². The first-order valence-electron chi connectivity index (χ1n) is 8.03. The van der Waals surface area contributed by atoms with Gasteiger partial charge in [0.15, 0.2) is 0 Å². The van der Waals surface area contributed by atoms with Gasteiger partial charge in [-0.05, 0) is 32.7 Å². The molecule has 0 amide bonds. The SMILES string of the molecule is CCCCCCC(C)N1CCC(CCC)(C(=O)O)C1. The molecule has 1 rings (SSSR count). The Morgan fingerprint density at radius 2 is 2.00 bits per heavy atom. The van der Waals surface area contributed by atoms with Crippen molar-refractivity contribution in [3.8, 4) is 0 Å². The van der Waals surface area contributed by atoms with Gasteiger partial charge < -0.3 is 5.11 Å². The Morgan fingerprint density at radius 1 is 1.26 bits per heavy atom. The van der Waals surface area contributed by atoms with Crippen LogP contribution in [0, 0.1) is 5.41 Å². The predicted molar refractivity (Wildman–Crippen MR) is 79.4 cm³/mol. The van der Waals surface area contributed by atoms with E-state index in [2.05, 4.69) is 25.7 Å². The highest BCUT2D eigenvalue weighted by Crippen LogP contribution is 2.37. The lowest BCUT2D eigenvalue weighted by Gasteiger charge is -2.28. The fraction of sp³-hybridized carbons (Fsp3) is 0.938. The number of likely N-dealkylation sites (tertiary alicyclic amines) is 1. The third-order valence-corrected chi connectivity index (χ3v) is 4.66. The quantitative estimate of drug-likeness (QED) is 0.645. The van der Waals surface area contributed by atoms with Crippen molar-refractivity contribution >= 4 is 5.97 Å². The van der Waals surface area contributed by atoms with E-state index in [-0.39, 0.29) is 0 Å². The molecule has 3 nitrogen and oxygen atoms in total. The van der Waals surface area contributed by atoms with Crippen LogP contribution in [-0.2, 0) is 4.79 Å². The van der Waals surface area contributed by atoms with Crippen LogP contribution in [0.1, 0.15) is 72.1 Å². The van der Waals surface area contributed by atoms with Crippen molar-refractivity contribution in [2.24, 2.45) is 5.41 Å². The van der Waals surface area contributed by atoms with Gasteiger partial charge in [-0.3, -0.25) is 9.69 Å². The monoisotopic (exact) mass is 269 g/mol. The summed E-state index contributed by atoms with van der Waals surface area (Å²) in [6, 6.07) is 0.537. The van der Waals surface area contributed by atoms with Gasteiger partial charge in [-0.15, -0.1) is 0 Å². The van der Waals surface area contributed by atoms with E-state index in [0.29, 0.717) is 6.04 Å². The van der Waals surface area contributed by atoms with E-state index in [1.54, 1.807) is 0 Å². The third-order valence-electron chi connectivity index (χ3n) is 4.66. The van der Waals surface area contributed by atoms with Gasteiger partial charge in [0.25, 0.3) is 0 Å². The first kappa shape index (κ1) is 16.5. The zero-order valence-electron chi connectivity index (χ0n) is 13.0. The maximum Gasteiger partial charge on any atom is 0.310 e. The first-order chi connectivity index (χ1) is 9.05. The lowest BCUT2D eigenvalue weighted by molar-refractivity contribution is -0.148. The van der Waals surface area contributed by atoms with E-state index >= 15 is 0 Å². The van der Waals surface area contributed by atoms with E-state index < -0.39 is 11.4 Å². The Morgan fingerprint density at radius 3 is 2.58 bits per heavy atom. The second-order valence-electron chi connectivity index (χ2n) is 6.25. The second kappa shape index (κ2) is 7.88. The van der Waals surface area contributed by atoms with Gasteiger partial charge >= 0.3 is 5.97 Å². The molecule has 0 aromatic heterocycles. The van der Waals surface area contributed by atoms with Crippen LogP contribution in [0.3, 0.4) is 0 Å². The summed E-state index contributed by atoms with van der Waals surface area (Å²) < 4.78 is 0. The minimum Gasteiger partial charge on any atom is -0.481 e. The molecule has 0 aliphatic carbocycles. The molecule has 0 bridgehead atoms. The highest BCUT2D eigenvalue weighted by molar-refractivity contribution is 5.75. The smallest absolute Gasteiger partial charge is 0.310 e. The molecular formula is C16H31NO2. The van der Waals surface area contributed by atoms with Crippen molar-refractivity contribution in [1.29, 1.82) is 0 Å². The van der Waals surface area contributed by atoms with Gasteiger partial charge in [0.2, 0.25) is 0 Å². The molecule has 1 aliphatic heterocycles. The molecule has 3 heteroatoms. The maximum absolute atomic E-state index is 11.6. The van der Waals surface area contributed by atoms with Crippen LogP contribution >= 0.6 is 0 Å². The Hall–Kier alpha value is -0.570. The zero-order chi connectivity index (χ0) is 14.3. The minimum absolute atomic E-state index is 0.466. The lowest BCUT2D eigenvalue weighted by atomic mass is 9.82. The van der Waals surface area contributed by atoms with E-state index in [1.165, 1.54) is 32.1 Å². The molecule has 0 aromatic carbocycles. The van der Waals surface area contributed by atoms with E-state index in [9.17, 15) is 9.90 Å². The van der Waals surface area contributed by atoms with Crippen molar-refractivity contribution in [3.05, 3.63) is 0 Å². The molecule has 2 unspecified atom stereocenters. The maximum atomic E-state index is 11.6. The number of unbranched alkanes of at least 4 members (excludes halogenated alkanes) is 3. The molecule has 1 N–H and O–H groups in total. The first-order valence-corrected chi connectivity index (χ1v) is 8.03. The summed E-state index contributed by atoms with van der Waals surface area (Å²) in [7, 11) is 0. The van der Waals surface area contributed by atoms with Gasteiger partial charge in [-0.1, -0.05) is 46.0 Å². The van der Waals surface area contributed by atoms with Crippen LogP contribution in [-0.4, -0.2) is 35.1 Å². The van der Waals surface area contributed by atoms with Gasteiger partial charge in [0.05, 0.1) is 5.41 Å². The molecule has 2 atom stereocenters. The number of carbonyl (C=O) groups is 1. The summed E-state index contributed by atoms with van der Waals surface area (Å²) in [6.07, 6.45) is 9.01. The van der Waals surface area contributed by atoms with Gasteiger partial charge in [-0.2, -0.15) is 0 Å². The normalized spacial score (nSPS) is 25.6. The summed E-state index contributed by atoms with van der Waals surface area (Å²) in [5, 5.41) is 9.51. The van der Waals surface area contributed by atoms with Crippen molar-refractivity contribution in [2.45, 2.75) is 78.2 Å². The number of nitrogens with zero attached hydrogens (tertiary/aromatic N) is 1. The molecule has 1 fully saturated rings. The van der Waals surface area contributed by atoms with E-state index in [0.717, 1.165) is 32.4 Å². The van der Waals surface area contributed by atoms with Crippen LogP contribution in [0.15, 0.2) is 0 Å². The molecule has 1 heterocycles. The number of carboxylic acid groups (broad SMARTS) is 1. The van der Waals surface area contributed by atoms with Crippen LogP contribution in [0.25, 0.3) is 0 Å². The highest BCUT2D eigenvalue weighted by Gasteiger charge is 2.44. The number of rotatable bonds is 9. The summed E-state index contributed by atoms with van der Waals surface area (Å²) in [6.45, 7) is 8.29. The molecule has 0 aromatic rings. The van der Waals surface area contributed by atoms with Crippen molar-refractivity contribution in [1.82, 2.24) is 4.90 Å². The summed E-state index contributed by atoms with van der Waals surface area (Å²) in [4.78, 5) is 14.0. The summed E-state index contributed by atoms with van der Waals surface area (Å²) in [5.74, 6) is -0.588. The lowest BCUT2D eigenvalue weighted by Crippen LogP contribution is -2.37. The molecule has 19 heavy (non-hydrogen) atoms. The topological polar surface area (TPSA) is 40.5 Å². The fourth-order valence-corrected chi connectivity index (χ4v) is 3.29. The Balaban J connectivity index is 2.42. The van der Waals surface area contributed by atoms with Gasteiger partial charge in [0.1, 0.15) is 0 Å². The zero-order valence-corrected chi connectivity index (χ0v) is 13.0. The van der Waals surface area contributed by atoms with Gasteiger partial charge in [0, 0.05) is 12.6 Å². The Kier molecular flexibility index (Phi) is 6.84. The van der Waals surface area contributed by atoms with E-state index in [4.69, 9.17) is 0 Å².